The molecule has 1 N–H and O–H groups in total. The SMILES string of the molecule is [CH2]CC(O)CCN(C)C. The van der Waals surface area contributed by atoms with E-state index in [9.17, 15) is 0 Å². The molecule has 0 aliphatic carbocycles. The van der Waals surface area contributed by atoms with E-state index in [-0.39, 0.29) is 6.10 Å². The molecule has 0 aromatic rings. The summed E-state index contributed by atoms with van der Waals surface area (Å²) in [6.45, 7) is 4.54. The predicted octanol–water partition coefficient (Wildman–Crippen LogP) is 0.523. The molecule has 0 aliphatic rings. The summed E-state index contributed by atoms with van der Waals surface area (Å²) in [7, 11) is 3.99. The number of hydrogen-bond donors (Lipinski definition) is 1. The fourth-order valence-corrected chi connectivity index (χ4v) is 0.552. The smallest absolute Gasteiger partial charge is 0.0552 e. The van der Waals surface area contributed by atoms with Gasteiger partial charge in [0.15, 0.2) is 0 Å². The van der Waals surface area contributed by atoms with Crippen molar-refractivity contribution in [1.82, 2.24) is 4.90 Å². The van der Waals surface area contributed by atoms with Gasteiger partial charge in [0.2, 0.25) is 0 Å². The van der Waals surface area contributed by atoms with Crippen molar-refractivity contribution in [2.45, 2.75) is 18.9 Å². The van der Waals surface area contributed by atoms with E-state index < -0.39 is 0 Å². The minimum Gasteiger partial charge on any atom is -0.393 e. The molecule has 0 saturated heterocycles. The molecule has 0 aromatic carbocycles. The van der Waals surface area contributed by atoms with Crippen molar-refractivity contribution in [1.29, 1.82) is 0 Å². The van der Waals surface area contributed by atoms with Crippen molar-refractivity contribution in [3.05, 3.63) is 6.92 Å². The van der Waals surface area contributed by atoms with Crippen LogP contribution in [0.5, 0.6) is 0 Å². The van der Waals surface area contributed by atoms with E-state index >= 15 is 0 Å². The third-order valence-corrected chi connectivity index (χ3v) is 1.24. The summed E-state index contributed by atoms with van der Waals surface area (Å²) in [5.41, 5.74) is 0. The first-order valence-electron chi connectivity index (χ1n) is 3.29. The Labute approximate surface area is 57.5 Å². The van der Waals surface area contributed by atoms with Gasteiger partial charge in [0.1, 0.15) is 0 Å². The van der Waals surface area contributed by atoms with Gasteiger partial charge < -0.3 is 10.0 Å². The Morgan fingerprint density at radius 3 is 2.44 bits per heavy atom. The Kier molecular flexibility index (Phi) is 4.72. The standard InChI is InChI=1S/C7H16NO/c1-4-7(9)5-6-8(2)3/h7,9H,1,4-6H2,2-3H3. The zero-order valence-electron chi connectivity index (χ0n) is 6.30. The van der Waals surface area contributed by atoms with Crippen molar-refractivity contribution in [3.63, 3.8) is 0 Å². The second-order valence-corrected chi connectivity index (χ2v) is 2.53. The van der Waals surface area contributed by atoms with Crippen LogP contribution in [0.15, 0.2) is 0 Å². The zero-order chi connectivity index (χ0) is 7.28. The van der Waals surface area contributed by atoms with Crippen LogP contribution in [0.1, 0.15) is 12.8 Å². The van der Waals surface area contributed by atoms with Gasteiger partial charge in [0, 0.05) is 0 Å². The number of hydrogen-bond acceptors (Lipinski definition) is 2. The lowest BCUT2D eigenvalue weighted by atomic mass is 10.2. The largest absolute Gasteiger partial charge is 0.393 e. The molecule has 9 heavy (non-hydrogen) atoms. The molecule has 0 heterocycles. The normalized spacial score (nSPS) is 14.3. The molecule has 0 amide bonds. The first kappa shape index (κ1) is 8.92. The van der Waals surface area contributed by atoms with Gasteiger partial charge in [-0.2, -0.15) is 0 Å². The van der Waals surface area contributed by atoms with Gasteiger partial charge >= 0.3 is 0 Å². The van der Waals surface area contributed by atoms with Gasteiger partial charge in [0.25, 0.3) is 0 Å². The van der Waals surface area contributed by atoms with Crippen molar-refractivity contribution in [2.75, 3.05) is 20.6 Å². The molecule has 2 nitrogen and oxygen atoms in total. The van der Waals surface area contributed by atoms with E-state index in [0.717, 1.165) is 13.0 Å². The summed E-state index contributed by atoms with van der Waals surface area (Å²) < 4.78 is 0. The number of nitrogens with zero attached hydrogens (tertiary/aromatic N) is 1. The van der Waals surface area contributed by atoms with Crippen LogP contribution < -0.4 is 0 Å². The molecule has 0 aliphatic heterocycles. The average molecular weight is 130 g/mol. The van der Waals surface area contributed by atoms with E-state index in [4.69, 9.17) is 5.11 Å². The number of aliphatic hydroxyl groups excluding tert-OH is 1. The van der Waals surface area contributed by atoms with Crippen molar-refractivity contribution in [3.8, 4) is 0 Å². The van der Waals surface area contributed by atoms with E-state index in [1.54, 1.807) is 0 Å². The fraction of sp³-hybridized carbons (Fsp3) is 0.857. The van der Waals surface area contributed by atoms with Gasteiger partial charge in [-0.25, -0.2) is 0 Å². The Balaban J connectivity index is 3.06. The average Bonchev–Trinajstić information content (AvgIpc) is 1.83. The van der Waals surface area contributed by atoms with E-state index in [1.807, 2.05) is 14.1 Å². The highest BCUT2D eigenvalue weighted by atomic mass is 16.3. The van der Waals surface area contributed by atoms with Crippen molar-refractivity contribution >= 4 is 0 Å². The van der Waals surface area contributed by atoms with Gasteiger partial charge in [-0.15, -0.1) is 0 Å². The number of rotatable bonds is 4. The monoisotopic (exact) mass is 130 g/mol. The maximum absolute atomic E-state index is 9.02. The predicted molar refractivity (Wildman–Crippen MR) is 39.2 cm³/mol. The molecule has 0 saturated carbocycles. The molecule has 0 aromatic heterocycles. The maximum Gasteiger partial charge on any atom is 0.0552 e. The van der Waals surface area contributed by atoms with Crippen molar-refractivity contribution in [2.24, 2.45) is 0 Å². The Morgan fingerprint density at radius 1 is 1.56 bits per heavy atom. The molecular weight excluding hydrogens is 114 g/mol. The summed E-state index contributed by atoms with van der Waals surface area (Å²) >= 11 is 0. The molecule has 0 bridgehead atoms. The summed E-state index contributed by atoms with van der Waals surface area (Å²) in [5.74, 6) is 0. The second kappa shape index (κ2) is 4.77. The van der Waals surface area contributed by atoms with Crippen LogP contribution in [0, 0.1) is 6.92 Å². The van der Waals surface area contributed by atoms with Gasteiger partial charge in [-0.05, 0) is 33.5 Å². The summed E-state index contributed by atoms with van der Waals surface area (Å²) in [6.07, 6.45) is 1.23. The van der Waals surface area contributed by atoms with E-state index in [1.165, 1.54) is 0 Å². The highest BCUT2D eigenvalue weighted by Gasteiger charge is 1.99. The summed E-state index contributed by atoms with van der Waals surface area (Å²) in [5, 5.41) is 9.02. The molecule has 55 valence electrons. The maximum atomic E-state index is 9.02. The lowest BCUT2D eigenvalue weighted by Crippen LogP contribution is -2.18. The minimum atomic E-state index is -0.215. The van der Waals surface area contributed by atoms with Crippen LogP contribution in [0.3, 0.4) is 0 Å². The topological polar surface area (TPSA) is 23.5 Å². The van der Waals surface area contributed by atoms with Crippen LogP contribution >= 0.6 is 0 Å². The quantitative estimate of drug-likeness (QED) is 0.600. The molecule has 0 fully saturated rings. The van der Waals surface area contributed by atoms with Crippen molar-refractivity contribution < 1.29 is 5.11 Å². The summed E-state index contributed by atoms with van der Waals surface area (Å²) in [4.78, 5) is 2.05. The lowest BCUT2D eigenvalue weighted by molar-refractivity contribution is 0.154. The third-order valence-electron chi connectivity index (χ3n) is 1.24. The van der Waals surface area contributed by atoms with Gasteiger partial charge in [-0.1, -0.05) is 6.92 Å². The lowest BCUT2D eigenvalue weighted by Gasteiger charge is -2.11. The molecule has 2 heteroatoms. The van der Waals surface area contributed by atoms with Crippen LogP contribution in [0.4, 0.5) is 0 Å². The number of aliphatic hydroxyl groups is 1. The van der Waals surface area contributed by atoms with Crippen LogP contribution in [0.25, 0.3) is 0 Å². The van der Waals surface area contributed by atoms with Gasteiger partial charge in [0.05, 0.1) is 6.10 Å². The van der Waals surface area contributed by atoms with Crippen LogP contribution in [-0.2, 0) is 0 Å². The molecule has 1 atom stereocenters. The Morgan fingerprint density at radius 2 is 2.11 bits per heavy atom. The summed E-state index contributed by atoms with van der Waals surface area (Å²) in [6, 6.07) is 0. The highest BCUT2D eigenvalue weighted by molar-refractivity contribution is 4.57. The first-order chi connectivity index (χ1) is 4.16. The molecule has 1 unspecified atom stereocenters. The molecule has 0 spiro atoms. The second-order valence-electron chi connectivity index (χ2n) is 2.53. The Hall–Kier alpha value is -0.0800. The highest BCUT2D eigenvalue weighted by Crippen LogP contribution is 1.95. The molecular formula is C7H16NO. The minimum absolute atomic E-state index is 0.215. The molecule has 0 rings (SSSR count). The fourth-order valence-electron chi connectivity index (χ4n) is 0.552. The molecule has 1 radical (unpaired) electrons. The zero-order valence-corrected chi connectivity index (χ0v) is 6.30. The Bertz CT molecular complexity index is 63.9. The van der Waals surface area contributed by atoms with E-state index in [2.05, 4.69) is 11.8 Å². The van der Waals surface area contributed by atoms with E-state index in [0.29, 0.717) is 6.42 Å². The van der Waals surface area contributed by atoms with Gasteiger partial charge in [-0.3, -0.25) is 0 Å². The van der Waals surface area contributed by atoms with Crippen LogP contribution in [-0.4, -0.2) is 36.8 Å². The van der Waals surface area contributed by atoms with Crippen LogP contribution in [0.2, 0.25) is 0 Å². The third kappa shape index (κ3) is 5.80. The first-order valence-corrected chi connectivity index (χ1v) is 3.29.